The number of nitrogens with one attached hydrogen (secondary N) is 1. The summed E-state index contributed by atoms with van der Waals surface area (Å²) in [5.41, 5.74) is 7.89. The Labute approximate surface area is 241 Å². The number of methoxy groups -OCH3 is 1. The highest BCUT2D eigenvalue weighted by Crippen LogP contribution is 2.37. The summed E-state index contributed by atoms with van der Waals surface area (Å²) in [6.45, 7) is 13.8. The van der Waals surface area contributed by atoms with Crippen LogP contribution in [-0.2, 0) is 33.8 Å². The van der Waals surface area contributed by atoms with Crippen molar-refractivity contribution in [2.24, 2.45) is 5.92 Å². The molecule has 7 nitrogen and oxygen atoms in total. The van der Waals surface area contributed by atoms with Crippen molar-refractivity contribution in [1.82, 2.24) is 10.3 Å². The molecule has 2 aliphatic rings. The van der Waals surface area contributed by atoms with Crippen LogP contribution in [0.5, 0.6) is 5.75 Å². The molecule has 40 heavy (non-hydrogen) atoms. The van der Waals surface area contributed by atoms with Gasteiger partial charge in [-0.1, -0.05) is 24.3 Å². The highest BCUT2D eigenvalue weighted by molar-refractivity contribution is 7.14. The molecule has 1 aromatic heterocycles. The molecule has 0 unspecified atom stereocenters. The standard InChI is InChI=1S/C32H41N3O4S/c1-20-8-7-9-25(29(20)38-18-23-11-10-22-16-33-14-12-24(22)21(23)2)27-19-40-31(34-27)35-15-13-26(28(17-35)37-6)30(36)39-32(3,4)5/h7-11,19,26,28,33H,12-18H2,1-6H3/t26-,28+/m0/s1. The van der Waals surface area contributed by atoms with Crippen LogP contribution in [0.3, 0.4) is 0 Å². The lowest BCUT2D eigenvalue weighted by atomic mass is 9.93. The molecule has 0 radical (unpaired) electrons. The van der Waals surface area contributed by atoms with Gasteiger partial charge in [-0.05, 0) is 87.9 Å². The fourth-order valence-electron chi connectivity index (χ4n) is 5.67. The molecule has 0 aliphatic carbocycles. The van der Waals surface area contributed by atoms with E-state index in [9.17, 15) is 4.79 Å². The van der Waals surface area contributed by atoms with Crippen molar-refractivity contribution in [1.29, 1.82) is 0 Å². The molecule has 1 fully saturated rings. The average Bonchev–Trinajstić information content (AvgIpc) is 3.42. The summed E-state index contributed by atoms with van der Waals surface area (Å²) >= 11 is 1.61. The zero-order chi connectivity index (χ0) is 28.4. The highest BCUT2D eigenvalue weighted by atomic mass is 32.1. The van der Waals surface area contributed by atoms with Gasteiger partial charge < -0.3 is 24.4 Å². The summed E-state index contributed by atoms with van der Waals surface area (Å²) in [5, 5.41) is 6.47. The molecule has 8 heteroatoms. The number of thiazole rings is 1. The zero-order valence-electron chi connectivity index (χ0n) is 24.5. The minimum atomic E-state index is -0.513. The van der Waals surface area contributed by atoms with E-state index in [0.717, 1.165) is 53.8 Å². The molecule has 3 aromatic rings. The predicted octanol–water partition coefficient (Wildman–Crippen LogP) is 5.83. The van der Waals surface area contributed by atoms with E-state index in [1.165, 1.54) is 22.3 Å². The number of benzene rings is 2. The molecule has 1 saturated heterocycles. The number of esters is 1. The second-order valence-corrected chi connectivity index (χ2v) is 12.7. The smallest absolute Gasteiger partial charge is 0.312 e. The largest absolute Gasteiger partial charge is 0.488 e. The summed E-state index contributed by atoms with van der Waals surface area (Å²) in [5.74, 6) is 0.405. The Morgan fingerprint density at radius 3 is 2.80 bits per heavy atom. The molecule has 3 heterocycles. The van der Waals surface area contributed by atoms with E-state index >= 15 is 0 Å². The second-order valence-electron chi connectivity index (χ2n) is 11.8. The van der Waals surface area contributed by atoms with Crippen molar-refractivity contribution >= 4 is 22.4 Å². The van der Waals surface area contributed by atoms with Gasteiger partial charge >= 0.3 is 5.97 Å². The molecule has 0 spiro atoms. The van der Waals surface area contributed by atoms with E-state index in [4.69, 9.17) is 19.2 Å². The van der Waals surface area contributed by atoms with Crippen molar-refractivity contribution in [3.8, 4) is 17.0 Å². The molecule has 0 amide bonds. The third-order valence-electron chi connectivity index (χ3n) is 7.87. The Hall–Kier alpha value is -2.94. The maximum atomic E-state index is 12.8. The molecule has 0 saturated carbocycles. The maximum Gasteiger partial charge on any atom is 0.312 e. The number of ether oxygens (including phenoxy) is 3. The van der Waals surface area contributed by atoms with Crippen molar-refractivity contribution in [2.45, 2.75) is 72.3 Å². The lowest BCUT2D eigenvalue weighted by molar-refractivity contribution is -0.165. The lowest BCUT2D eigenvalue weighted by Gasteiger charge is -2.37. The van der Waals surface area contributed by atoms with E-state index in [1.807, 2.05) is 20.8 Å². The van der Waals surface area contributed by atoms with Gasteiger partial charge in [-0.2, -0.15) is 0 Å². The Bertz CT molecular complexity index is 1360. The van der Waals surface area contributed by atoms with E-state index in [1.54, 1.807) is 18.4 Å². The molecule has 0 bridgehead atoms. The number of carbonyl (C=O) groups is 1. The van der Waals surface area contributed by atoms with Crippen LogP contribution in [0.1, 0.15) is 55.0 Å². The van der Waals surface area contributed by atoms with Crippen LogP contribution >= 0.6 is 11.3 Å². The SMILES string of the molecule is CO[C@@H]1CN(c2nc(-c3cccc(C)c3OCc3ccc4c(c3C)CCNC4)cs2)CC[C@@H]1C(=O)OC(C)(C)C. The van der Waals surface area contributed by atoms with Gasteiger partial charge in [-0.3, -0.25) is 4.79 Å². The normalized spacial score (nSPS) is 19.3. The summed E-state index contributed by atoms with van der Waals surface area (Å²) in [7, 11) is 1.66. The quantitative estimate of drug-likeness (QED) is 0.363. The number of fused-ring (bicyclic) bond motifs is 1. The Kier molecular flexibility index (Phi) is 8.50. The molecule has 2 atom stereocenters. The van der Waals surface area contributed by atoms with Crippen LogP contribution in [0, 0.1) is 19.8 Å². The first-order valence-corrected chi connectivity index (χ1v) is 15.0. The van der Waals surface area contributed by atoms with Crippen molar-refractivity contribution in [2.75, 3.05) is 31.6 Å². The number of aromatic nitrogens is 1. The predicted molar refractivity (Wildman–Crippen MR) is 160 cm³/mol. The van der Waals surface area contributed by atoms with Crippen molar-refractivity contribution in [3.05, 3.63) is 63.5 Å². The molecule has 1 N–H and O–H groups in total. The van der Waals surface area contributed by atoms with Crippen molar-refractivity contribution < 1.29 is 19.0 Å². The Morgan fingerprint density at radius 2 is 2.02 bits per heavy atom. The fourth-order valence-corrected chi connectivity index (χ4v) is 6.54. The van der Waals surface area contributed by atoms with Crippen LogP contribution in [0.25, 0.3) is 11.3 Å². The highest BCUT2D eigenvalue weighted by Gasteiger charge is 2.38. The molecule has 2 aliphatic heterocycles. The summed E-state index contributed by atoms with van der Waals surface area (Å²) in [6.07, 6.45) is 1.48. The van der Waals surface area contributed by atoms with Crippen LogP contribution in [0.15, 0.2) is 35.7 Å². The number of nitrogens with zero attached hydrogens (tertiary/aromatic N) is 2. The maximum absolute atomic E-state index is 12.8. The van der Waals surface area contributed by atoms with Gasteiger partial charge in [0.2, 0.25) is 0 Å². The van der Waals surface area contributed by atoms with Gasteiger partial charge in [0, 0.05) is 37.7 Å². The third kappa shape index (κ3) is 6.19. The van der Waals surface area contributed by atoms with Gasteiger partial charge in [0.15, 0.2) is 5.13 Å². The number of para-hydroxylation sites is 1. The van der Waals surface area contributed by atoms with Gasteiger partial charge in [0.25, 0.3) is 0 Å². The first-order chi connectivity index (χ1) is 19.1. The summed E-state index contributed by atoms with van der Waals surface area (Å²) < 4.78 is 17.9. The van der Waals surface area contributed by atoms with E-state index in [0.29, 0.717) is 19.6 Å². The minimum absolute atomic E-state index is 0.189. The van der Waals surface area contributed by atoms with Crippen LogP contribution in [0.4, 0.5) is 5.13 Å². The zero-order valence-corrected chi connectivity index (χ0v) is 25.3. The first kappa shape index (κ1) is 28.6. The molecule has 5 rings (SSSR count). The Balaban J connectivity index is 1.31. The monoisotopic (exact) mass is 563 g/mol. The van der Waals surface area contributed by atoms with Crippen molar-refractivity contribution in [3.63, 3.8) is 0 Å². The second kappa shape index (κ2) is 11.9. The minimum Gasteiger partial charge on any atom is -0.488 e. The number of aryl methyl sites for hydroxylation is 1. The number of hydrogen-bond acceptors (Lipinski definition) is 8. The topological polar surface area (TPSA) is 72.9 Å². The lowest BCUT2D eigenvalue weighted by Crippen LogP contribution is -2.49. The van der Waals surface area contributed by atoms with E-state index in [-0.39, 0.29) is 18.0 Å². The number of rotatable bonds is 7. The van der Waals surface area contributed by atoms with E-state index < -0.39 is 5.60 Å². The number of anilines is 1. The van der Waals surface area contributed by atoms with Gasteiger partial charge in [0.05, 0.1) is 17.7 Å². The number of piperidine rings is 1. The first-order valence-electron chi connectivity index (χ1n) is 14.1. The molecule has 214 valence electrons. The summed E-state index contributed by atoms with van der Waals surface area (Å²) in [6, 6.07) is 10.7. The molecular formula is C32H41N3O4S. The van der Waals surface area contributed by atoms with Gasteiger partial charge in [0.1, 0.15) is 18.0 Å². The average molecular weight is 564 g/mol. The molecule has 2 aromatic carbocycles. The number of carbonyl (C=O) groups excluding carboxylic acids is 1. The van der Waals surface area contributed by atoms with Gasteiger partial charge in [-0.25, -0.2) is 4.98 Å². The van der Waals surface area contributed by atoms with Crippen LogP contribution in [-0.4, -0.2) is 49.4 Å². The Morgan fingerprint density at radius 1 is 1.20 bits per heavy atom. The fraction of sp³-hybridized carbons (Fsp3) is 0.500. The molecular weight excluding hydrogens is 522 g/mol. The van der Waals surface area contributed by atoms with E-state index in [2.05, 4.69) is 59.8 Å². The third-order valence-corrected chi connectivity index (χ3v) is 8.77. The van der Waals surface area contributed by atoms with Crippen LogP contribution < -0.4 is 15.0 Å². The number of hydrogen-bond donors (Lipinski definition) is 1. The van der Waals surface area contributed by atoms with Gasteiger partial charge in [-0.15, -0.1) is 11.3 Å². The van der Waals surface area contributed by atoms with Crippen LogP contribution in [0.2, 0.25) is 0 Å². The summed E-state index contributed by atoms with van der Waals surface area (Å²) in [4.78, 5) is 20.0.